The Morgan fingerprint density at radius 2 is 2.13 bits per heavy atom. The zero-order valence-corrected chi connectivity index (χ0v) is 10.3. The first kappa shape index (κ1) is 12.5. The second-order valence-corrected chi connectivity index (χ2v) is 4.59. The minimum absolute atomic E-state index is 0.237. The highest BCUT2D eigenvalue weighted by Gasteiger charge is 2.41. The van der Waals surface area contributed by atoms with E-state index in [1.54, 1.807) is 0 Å². The van der Waals surface area contributed by atoms with Gasteiger partial charge in [-0.05, 0) is 32.2 Å². The van der Waals surface area contributed by atoms with Crippen molar-refractivity contribution in [3.63, 3.8) is 0 Å². The van der Waals surface area contributed by atoms with Crippen molar-refractivity contribution >= 4 is 5.91 Å². The minimum Gasteiger partial charge on any atom is -0.344 e. The SMILES string of the molecule is CCCN(C)C(=O)C1(CCC)CCCN1. The van der Waals surface area contributed by atoms with E-state index >= 15 is 0 Å². The summed E-state index contributed by atoms with van der Waals surface area (Å²) in [6.45, 7) is 6.12. The largest absolute Gasteiger partial charge is 0.344 e. The lowest BCUT2D eigenvalue weighted by Crippen LogP contribution is -2.54. The van der Waals surface area contributed by atoms with Crippen LogP contribution >= 0.6 is 0 Å². The molecule has 1 fully saturated rings. The van der Waals surface area contributed by atoms with Gasteiger partial charge in [0.2, 0.25) is 5.91 Å². The first-order valence-electron chi connectivity index (χ1n) is 6.17. The van der Waals surface area contributed by atoms with Crippen LogP contribution in [-0.2, 0) is 4.79 Å². The Hall–Kier alpha value is -0.570. The van der Waals surface area contributed by atoms with Crippen molar-refractivity contribution in [2.75, 3.05) is 20.1 Å². The number of amides is 1. The van der Waals surface area contributed by atoms with Gasteiger partial charge in [-0.25, -0.2) is 0 Å². The van der Waals surface area contributed by atoms with E-state index in [4.69, 9.17) is 0 Å². The molecule has 1 saturated heterocycles. The van der Waals surface area contributed by atoms with Crippen molar-refractivity contribution < 1.29 is 4.79 Å². The number of nitrogens with zero attached hydrogens (tertiary/aromatic N) is 1. The fraction of sp³-hybridized carbons (Fsp3) is 0.917. The van der Waals surface area contributed by atoms with Crippen LogP contribution in [0.4, 0.5) is 0 Å². The molecule has 1 amide bonds. The molecule has 0 radical (unpaired) electrons. The number of carbonyl (C=O) groups is 1. The van der Waals surface area contributed by atoms with Crippen molar-refractivity contribution in [1.82, 2.24) is 10.2 Å². The smallest absolute Gasteiger partial charge is 0.242 e. The van der Waals surface area contributed by atoms with Gasteiger partial charge < -0.3 is 10.2 Å². The highest BCUT2D eigenvalue weighted by Crippen LogP contribution is 2.26. The fourth-order valence-electron chi connectivity index (χ4n) is 2.54. The van der Waals surface area contributed by atoms with Crippen LogP contribution in [-0.4, -0.2) is 36.5 Å². The number of hydrogen-bond donors (Lipinski definition) is 1. The van der Waals surface area contributed by atoms with Crippen molar-refractivity contribution in [3.05, 3.63) is 0 Å². The topological polar surface area (TPSA) is 32.3 Å². The van der Waals surface area contributed by atoms with Crippen molar-refractivity contribution in [2.24, 2.45) is 0 Å². The summed E-state index contributed by atoms with van der Waals surface area (Å²) in [5.41, 5.74) is -0.237. The number of nitrogens with one attached hydrogen (secondary N) is 1. The Bertz CT molecular complexity index is 210. The molecule has 1 N–H and O–H groups in total. The fourth-order valence-corrected chi connectivity index (χ4v) is 2.54. The predicted octanol–water partition coefficient (Wildman–Crippen LogP) is 1.78. The Balaban J connectivity index is 2.66. The van der Waals surface area contributed by atoms with Gasteiger partial charge in [-0.2, -0.15) is 0 Å². The van der Waals surface area contributed by atoms with Gasteiger partial charge in [0.15, 0.2) is 0 Å². The van der Waals surface area contributed by atoms with Gasteiger partial charge in [-0.15, -0.1) is 0 Å². The monoisotopic (exact) mass is 212 g/mol. The summed E-state index contributed by atoms with van der Waals surface area (Å²) in [5.74, 6) is 0.295. The van der Waals surface area contributed by atoms with Crippen LogP contribution in [0, 0.1) is 0 Å². The molecule has 1 aliphatic heterocycles. The van der Waals surface area contributed by atoms with Crippen molar-refractivity contribution in [3.8, 4) is 0 Å². The summed E-state index contributed by atoms with van der Waals surface area (Å²) in [7, 11) is 1.92. The molecule has 0 saturated carbocycles. The van der Waals surface area contributed by atoms with Crippen LogP contribution in [0.25, 0.3) is 0 Å². The van der Waals surface area contributed by atoms with Gasteiger partial charge in [0, 0.05) is 13.6 Å². The summed E-state index contributed by atoms with van der Waals surface area (Å²) < 4.78 is 0. The van der Waals surface area contributed by atoms with E-state index in [-0.39, 0.29) is 5.54 Å². The first-order chi connectivity index (χ1) is 7.16. The van der Waals surface area contributed by atoms with E-state index < -0.39 is 0 Å². The molecule has 1 unspecified atom stereocenters. The van der Waals surface area contributed by atoms with Crippen LogP contribution in [0.5, 0.6) is 0 Å². The van der Waals surface area contributed by atoms with Crippen LogP contribution < -0.4 is 5.32 Å². The summed E-state index contributed by atoms with van der Waals surface area (Å²) in [5, 5.41) is 3.42. The molecule has 15 heavy (non-hydrogen) atoms. The average molecular weight is 212 g/mol. The lowest BCUT2D eigenvalue weighted by Gasteiger charge is -2.32. The molecule has 3 heteroatoms. The molecule has 0 spiro atoms. The summed E-state index contributed by atoms with van der Waals surface area (Å²) in [6.07, 6.45) is 5.21. The standard InChI is InChI=1S/C12H24N2O/c1-4-7-12(8-6-9-13-12)11(15)14(3)10-5-2/h13H,4-10H2,1-3H3. The summed E-state index contributed by atoms with van der Waals surface area (Å²) in [4.78, 5) is 14.2. The molecule has 0 aromatic carbocycles. The highest BCUT2D eigenvalue weighted by molar-refractivity contribution is 5.86. The predicted molar refractivity (Wildman–Crippen MR) is 62.8 cm³/mol. The molecule has 88 valence electrons. The Kier molecular flexibility index (Phi) is 4.58. The molecule has 0 aliphatic carbocycles. The van der Waals surface area contributed by atoms with E-state index in [0.29, 0.717) is 5.91 Å². The molecule has 1 heterocycles. The zero-order chi connectivity index (χ0) is 11.3. The van der Waals surface area contributed by atoms with Crippen LogP contribution in [0.15, 0.2) is 0 Å². The Morgan fingerprint density at radius 3 is 2.60 bits per heavy atom. The number of rotatable bonds is 5. The maximum absolute atomic E-state index is 12.3. The van der Waals surface area contributed by atoms with Crippen molar-refractivity contribution in [2.45, 2.75) is 51.5 Å². The summed E-state index contributed by atoms with van der Waals surface area (Å²) in [6, 6.07) is 0. The van der Waals surface area contributed by atoms with Gasteiger partial charge in [0.25, 0.3) is 0 Å². The van der Waals surface area contributed by atoms with Gasteiger partial charge in [-0.3, -0.25) is 4.79 Å². The molecule has 0 bridgehead atoms. The molecule has 1 aliphatic rings. The Labute approximate surface area is 93.2 Å². The summed E-state index contributed by atoms with van der Waals surface area (Å²) >= 11 is 0. The van der Waals surface area contributed by atoms with Gasteiger partial charge >= 0.3 is 0 Å². The molecule has 0 aromatic heterocycles. The second-order valence-electron chi connectivity index (χ2n) is 4.59. The van der Waals surface area contributed by atoms with E-state index in [1.165, 1.54) is 0 Å². The third-order valence-electron chi connectivity index (χ3n) is 3.24. The number of hydrogen-bond acceptors (Lipinski definition) is 2. The molecule has 3 nitrogen and oxygen atoms in total. The Morgan fingerprint density at radius 1 is 1.40 bits per heavy atom. The normalized spacial score (nSPS) is 25.5. The third-order valence-corrected chi connectivity index (χ3v) is 3.24. The van der Waals surface area contributed by atoms with Crippen LogP contribution in [0.3, 0.4) is 0 Å². The van der Waals surface area contributed by atoms with E-state index in [0.717, 1.165) is 45.2 Å². The molecule has 0 aromatic rings. The maximum Gasteiger partial charge on any atom is 0.242 e. The van der Waals surface area contributed by atoms with Crippen LogP contribution in [0.1, 0.15) is 46.0 Å². The van der Waals surface area contributed by atoms with Gasteiger partial charge in [0.1, 0.15) is 0 Å². The van der Waals surface area contributed by atoms with Gasteiger partial charge in [-0.1, -0.05) is 20.3 Å². The average Bonchev–Trinajstić information content (AvgIpc) is 2.67. The van der Waals surface area contributed by atoms with Gasteiger partial charge in [0.05, 0.1) is 5.54 Å². The highest BCUT2D eigenvalue weighted by atomic mass is 16.2. The van der Waals surface area contributed by atoms with E-state index in [9.17, 15) is 4.79 Å². The third kappa shape index (κ3) is 2.71. The molecule has 1 atom stereocenters. The lowest BCUT2D eigenvalue weighted by atomic mass is 9.90. The number of likely N-dealkylation sites (N-methyl/N-ethyl adjacent to an activating group) is 1. The van der Waals surface area contributed by atoms with E-state index in [2.05, 4.69) is 19.2 Å². The van der Waals surface area contributed by atoms with E-state index in [1.807, 2.05) is 11.9 Å². The van der Waals surface area contributed by atoms with Crippen LogP contribution in [0.2, 0.25) is 0 Å². The lowest BCUT2D eigenvalue weighted by molar-refractivity contribution is -0.136. The zero-order valence-electron chi connectivity index (χ0n) is 10.3. The molecular formula is C12H24N2O. The molecule has 1 rings (SSSR count). The van der Waals surface area contributed by atoms with Crippen molar-refractivity contribution in [1.29, 1.82) is 0 Å². The minimum atomic E-state index is -0.237. The molecular weight excluding hydrogens is 188 g/mol. The first-order valence-corrected chi connectivity index (χ1v) is 6.17. The maximum atomic E-state index is 12.3. The quantitative estimate of drug-likeness (QED) is 0.753. The second kappa shape index (κ2) is 5.50. The number of carbonyl (C=O) groups excluding carboxylic acids is 1.